The van der Waals surface area contributed by atoms with E-state index in [4.69, 9.17) is 5.11 Å². The number of hydrogen-bond donors (Lipinski definition) is 2. The van der Waals surface area contributed by atoms with Crippen molar-refractivity contribution in [1.29, 1.82) is 0 Å². The van der Waals surface area contributed by atoms with Crippen LogP contribution in [0.3, 0.4) is 0 Å². The first-order chi connectivity index (χ1) is 4.74. The quantitative estimate of drug-likeness (QED) is 0.546. The molecule has 1 heterocycles. The molecular weight excluding hydrogens is 130 g/mol. The fourth-order valence-electron chi connectivity index (χ4n) is 1.15. The molecule has 0 aliphatic carbocycles. The Morgan fingerprint density at radius 1 is 1.70 bits per heavy atom. The third kappa shape index (κ3) is 1.36. The number of rotatable bonds is 2. The third-order valence-electron chi connectivity index (χ3n) is 1.76. The predicted molar refractivity (Wildman–Crippen MR) is 37.8 cm³/mol. The molecule has 2 atom stereocenters. The maximum Gasteiger partial charge on any atom is 0.320 e. The van der Waals surface area contributed by atoms with Crippen LogP contribution in [0.4, 0.5) is 0 Å². The van der Waals surface area contributed by atoms with Crippen LogP contribution in [0.25, 0.3) is 0 Å². The van der Waals surface area contributed by atoms with E-state index >= 15 is 0 Å². The van der Waals surface area contributed by atoms with Gasteiger partial charge in [0.2, 0.25) is 0 Å². The van der Waals surface area contributed by atoms with E-state index < -0.39 is 5.97 Å². The van der Waals surface area contributed by atoms with Crippen molar-refractivity contribution in [3.05, 3.63) is 12.7 Å². The van der Waals surface area contributed by atoms with Gasteiger partial charge in [-0.25, -0.2) is 0 Å². The Morgan fingerprint density at radius 2 is 2.40 bits per heavy atom. The summed E-state index contributed by atoms with van der Waals surface area (Å²) in [7, 11) is 0. The van der Waals surface area contributed by atoms with Gasteiger partial charge >= 0.3 is 5.97 Å². The lowest BCUT2D eigenvalue weighted by molar-refractivity contribution is -0.139. The smallest absolute Gasteiger partial charge is 0.320 e. The van der Waals surface area contributed by atoms with Crippen LogP contribution >= 0.6 is 0 Å². The molecule has 10 heavy (non-hydrogen) atoms. The maximum absolute atomic E-state index is 10.4. The minimum absolute atomic E-state index is 0.195. The normalized spacial score (nSPS) is 32.0. The molecule has 1 rings (SSSR count). The Morgan fingerprint density at radius 3 is 2.70 bits per heavy atom. The molecule has 1 saturated heterocycles. The molecule has 0 radical (unpaired) electrons. The molecule has 0 amide bonds. The minimum atomic E-state index is -0.760. The lowest BCUT2D eigenvalue weighted by atomic mass is 10.2. The first-order valence-electron chi connectivity index (χ1n) is 3.35. The molecule has 2 N–H and O–H groups in total. The number of nitrogens with one attached hydrogen (secondary N) is 1. The van der Waals surface area contributed by atoms with Crippen LogP contribution in [-0.4, -0.2) is 23.2 Å². The molecule has 56 valence electrons. The second-order valence-electron chi connectivity index (χ2n) is 2.48. The third-order valence-corrected chi connectivity index (χ3v) is 1.76. The summed E-state index contributed by atoms with van der Waals surface area (Å²) in [5.41, 5.74) is 0. The topological polar surface area (TPSA) is 49.3 Å². The van der Waals surface area contributed by atoms with E-state index in [0.717, 1.165) is 6.42 Å². The summed E-state index contributed by atoms with van der Waals surface area (Å²) in [5, 5.41) is 11.5. The van der Waals surface area contributed by atoms with Gasteiger partial charge in [0.1, 0.15) is 6.04 Å². The number of carboxylic acids is 1. The molecule has 1 fully saturated rings. The van der Waals surface area contributed by atoms with Gasteiger partial charge in [-0.2, -0.15) is 0 Å². The highest BCUT2D eigenvalue weighted by atomic mass is 16.4. The molecule has 0 saturated carbocycles. The van der Waals surface area contributed by atoms with E-state index in [0.29, 0.717) is 6.42 Å². The highest BCUT2D eigenvalue weighted by molar-refractivity contribution is 5.73. The van der Waals surface area contributed by atoms with Crippen molar-refractivity contribution in [2.75, 3.05) is 0 Å². The van der Waals surface area contributed by atoms with Gasteiger partial charge < -0.3 is 5.11 Å². The average molecular weight is 141 g/mol. The van der Waals surface area contributed by atoms with Gasteiger partial charge in [0.05, 0.1) is 0 Å². The van der Waals surface area contributed by atoms with E-state index in [1.807, 2.05) is 0 Å². The Labute approximate surface area is 59.7 Å². The second-order valence-corrected chi connectivity index (χ2v) is 2.48. The van der Waals surface area contributed by atoms with Gasteiger partial charge in [-0.05, 0) is 12.8 Å². The summed E-state index contributed by atoms with van der Waals surface area (Å²) < 4.78 is 0. The zero-order chi connectivity index (χ0) is 7.56. The number of carbonyl (C=O) groups is 1. The van der Waals surface area contributed by atoms with Gasteiger partial charge in [0.15, 0.2) is 0 Å². The second kappa shape index (κ2) is 2.84. The molecule has 0 aromatic heterocycles. The molecule has 0 aromatic carbocycles. The van der Waals surface area contributed by atoms with Gasteiger partial charge in [-0.3, -0.25) is 10.1 Å². The minimum Gasteiger partial charge on any atom is -0.480 e. The zero-order valence-electron chi connectivity index (χ0n) is 5.71. The van der Waals surface area contributed by atoms with Crippen molar-refractivity contribution < 1.29 is 9.90 Å². The van der Waals surface area contributed by atoms with E-state index in [2.05, 4.69) is 11.9 Å². The molecule has 0 spiro atoms. The van der Waals surface area contributed by atoms with E-state index in [1.165, 1.54) is 0 Å². The standard InChI is InChI=1S/C7H11NO2/c1-2-5-3-4-6(8-5)7(9)10/h2,5-6,8H,1,3-4H2,(H,9,10)/t5?,6-/m0/s1. The average Bonchev–Trinajstić information content (AvgIpc) is 2.34. The monoisotopic (exact) mass is 141 g/mol. The molecule has 0 aromatic rings. The molecule has 0 bridgehead atoms. The highest BCUT2D eigenvalue weighted by Gasteiger charge is 2.26. The van der Waals surface area contributed by atoms with Crippen LogP contribution in [-0.2, 0) is 4.79 Å². The van der Waals surface area contributed by atoms with Crippen LogP contribution in [0.15, 0.2) is 12.7 Å². The lowest BCUT2D eigenvalue weighted by Crippen LogP contribution is -2.34. The Balaban J connectivity index is 2.42. The van der Waals surface area contributed by atoms with E-state index in [9.17, 15) is 4.79 Å². The van der Waals surface area contributed by atoms with E-state index in [1.54, 1.807) is 6.08 Å². The Bertz CT molecular complexity index is 156. The summed E-state index contributed by atoms with van der Waals surface area (Å²) in [6.45, 7) is 3.58. The van der Waals surface area contributed by atoms with Crippen LogP contribution < -0.4 is 5.32 Å². The Hall–Kier alpha value is -0.830. The number of hydrogen-bond acceptors (Lipinski definition) is 2. The van der Waals surface area contributed by atoms with Crippen molar-refractivity contribution in [3.63, 3.8) is 0 Å². The van der Waals surface area contributed by atoms with E-state index in [-0.39, 0.29) is 12.1 Å². The largest absolute Gasteiger partial charge is 0.480 e. The number of carboxylic acid groups (broad SMARTS) is 1. The van der Waals surface area contributed by atoms with Crippen LogP contribution in [0, 0.1) is 0 Å². The molecule has 1 aliphatic heterocycles. The SMILES string of the molecule is C=CC1CC[C@@H](C(=O)O)N1. The highest BCUT2D eigenvalue weighted by Crippen LogP contribution is 2.12. The molecule has 3 heteroatoms. The molecule has 1 aliphatic rings. The first-order valence-corrected chi connectivity index (χ1v) is 3.35. The van der Waals surface area contributed by atoms with Crippen molar-refractivity contribution in [2.45, 2.75) is 24.9 Å². The number of aliphatic carboxylic acids is 1. The van der Waals surface area contributed by atoms with Gasteiger partial charge in [0.25, 0.3) is 0 Å². The molecule has 3 nitrogen and oxygen atoms in total. The first kappa shape index (κ1) is 7.28. The van der Waals surface area contributed by atoms with Crippen molar-refractivity contribution in [3.8, 4) is 0 Å². The van der Waals surface area contributed by atoms with Gasteiger partial charge in [-0.15, -0.1) is 6.58 Å². The zero-order valence-corrected chi connectivity index (χ0v) is 5.71. The fourth-order valence-corrected chi connectivity index (χ4v) is 1.15. The lowest BCUT2D eigenvalue weighted by Gasteiger charge is -2.05. The van der Waals surface area contributed by atoms with Crippen LogP contribution in [0.5, 0.6) is 0 Å². The van der Waals surface area contributed by atoms with Crippen molar-refractivity contribution in [1.82, 2.24) is 5.32 Å². The van der Waals surface area contributed by atoms with Crippen LogP contribution in [0.2, 0.25) is 0 Å². The van der Waals surface area contributed by atoms with Crippen LogP contribution in [0.1, 0.15) is 12.8 Å². The summed E-state index contributed by atoms with van der Waals surface area (Å²) >= 11 is 0. The molecule has 1 unspecified atom stereocenters. The Kier molecular flexibility index (Phi) is 2.06. The summed E-state index contributed by atoms with van der Waals surface area (Å²) in [6.07, 6.45) is 3.36. The van der Waals surface area contributed by atoms with Crippen molar-refractivity contribution >= 4 is 5.97 Å². The summed E-state index contributed by atoms with van der Waals surface area (Å²) in [6, 6.07) is -0.163. The summed E-state index contributed by atoms with van der Waals surface area (Å²) in [4.78, 5) is 10.4. The van der Waals surface area contributed by atoms with Gasteiger partial charge in [-0.1, -0.05) is 6.08 Å². The fraction of sp³-hybridized carbons (Fsp3) is 0.571. The maximum atomic E-state index is 10.4. The molecular formula is C7H11NO2. The van der Waals surface area contributed by atoms with Crippen molar-refractivity contribution in [2.24, 2.45) is 0 Å². The predicted octanol–water partition coefficient (Wildman–Crippen LogP) is 0.378. The van der Waals surface area contributed by atoms with Gasteiger partial charge in [0, 0.05) is 6.04 Å². The summed E-state index contributed by atoms with van der Waals surface area (Å²) in [5.74, 6) is -0.760.